The van der Waals surface area contributed by atoms with E-state index >= 15 is 0 Å². The molecule has 1 atom stereocenters. The molecule has 7 nitrogen and oxygen atoms in total. The molecule has 2 heterocycles. The average molecular weight is 512 g/mol. The number of nitrogens with zero attached hydrogens (tertiary/aromatic N) is 3. The third kappa shape index (κ3) is 6.43. The molecule has 2 aliphatic heterocycles. The molecule has 0 bridgehead atoms. The van der Waals surface area contributed by atoms with Gasteiger partial charge in [0.05, 0.1) is 10.6 Å². The topological polar surface area (TPSA) is 86.0 Å². The lowest BCUT2D eigenvalue weighted by Gasteiger charge is -2.38. The number of aliphatic carboxylic acids is 1. The highest BCUT2D eigenvalue weighted by molar-refractivity contribution is 6.32. The lowest BCUT2D eigenvalue weighted by atomic mass is 9.94. The van der Waals surface area contributed by atoms with Gasteiger partial charge >= 0.3 is 5.97 Å². The molecule has 2 saturated heterocycles. The molecule has 0 saturated carbocycles. The van der Waals surface area contributed by atoms with Gasteiger partial charge in [-0.15, -0.1) is 0 Å². The number of piperidine rings is 2. The Bertz CT molecular complexity index is 1100. The van der Waals surface area contributed by atoms with Crippen molar-refractivity contribution in [1.29, 1.82) is 5.26 Å². The molecular weight excluding hydrogens is 478 g/mol. The van der Waals surface area contributed by atoms with Crippen molar-refractivity contribution < 1.29 is 19.4 Å². The Morgan fingerprint density at radius 2 is 1.89 bits per heavy atom. The Morgan fingerprint density at radius 3 is 2.56 bits per heavy atom. The first-order valence-electron chi connectivity index (χ1n) is 12.7. The first kappa shape index (κ1) is 26.1. The lowest BCUT2D eigenvalue weighted by molar-refractivity contribution is -0.144. The minimum absolute atomic E-state index is 0.171. The fraction of sp³-hybridized carbons (Fsp3) is 0.500. The molecule has 2 fully saturated rings. The van der Waals surface area contributed by atoms with Crippen LogP contribution in [-0.2, 0) is 4.79 Å². The van der Waals surface area contributed by atoms with Gasteiger partial charge in [-0.25, -0.2) is 4.79 Å². The molecule has 0 aromatic heterocycles. The summed E-state index contributed by atoms with van der Waals surface area (Å²) < 4.78 is 11.8. The number of benzene rings is 2. The van der Waals surface area contributed by atoms with Gasteiger partial charge in [0, 0.05) is 50.0 Å². The van der Waals surface area contributed by atoms with E-state index in [4.69, 9.17) is 31.4 Å². The number of hydrogen-bond donors (Lipinski definition) is 1. The quantitative estimate of drug-likeness (QED) is 0.525. The predicted molar refractivity (Wildman–Crippen MR) is 140 cm³/mol. The van der Waals surface area contributed by atoms with Crippen LogP contribution in [0.25, 0.3) is 0 Å². The summed E-state index contributed by atoms with van der Waals surface area (Å²) in [6.07, 6.45) is 3.54. The van der Waals surface area contributed by atoms with Gasteiger partial charge < -0.3 is 24.4 Å². The van der Waals surface area contributed by atoms with Gasteiger partial charge in [-0.2, -0.15) is 5.26 Å². The monoisotopic (exact) mass is 511 g/mol. The van der Waals surface area contributed by atoms with E-state index in [1.54, 1.807) is 19.1 Å². The van der Waals surface area contributed by atoms with Crippen LogP contribution >= 0.6 is 11.6 Å². The van der Waals surface area contributed by atoms with Crippen molar-refractivity contribution in [2.24, 2.45) is 5.92 Å². The normalized spacial score (nSPS) is 18.4. The van der Waals surface area contributed by atoms with Gasteiger partial charge in [-0.3, -0.25) is 0 Å². The van der Waals surface area contributed by atoms with Crippen LogP contribution in [0, 0.1) is 24.2 Å². The van der Waals surface area contributed by atoms with Gasteiger partial charge in [0.25, 0.3) is 0 Å². The molecule has 0 aliphatic carbocycles. The van der Waals surface area contributed by atoms with E-state index < -0.39 is 12.1 Å². The Morgan fingerprint density at radius 1 is 1.17 bits per heavy atom. The van der Waals surface area contributed by atoms with Crippen LogP contribution in [0.2, 0.25) is 5.02 Å². The molecule has 2 aromatic carbocycles. The second-order valence-electron chi connectivity index (χ2n) is 9.81. The second kappa shape index (κ2) is 11.9. The number of rotatable bonds is 8. The zero-order chi connectivity index (χ0) is 25.7. The standard InChI is InChI=1S/C28H34ClN3O4/c1-19-26(7-6-22(17-30)27(19)29)36-24-10-12-31(13-11-24)18-21-8-14-32(15-9-21)23-4-3-5-25(16-23)35-20(2)28(33)34/h3-7,16,20-21,24H,8-15,18H2,1-2H3,(H,33,34)/t20-/m0/s1. The number of halogens is 1. The van der Waals surface area contributed by atoms with E-state index in [0.29, 0.717) is 22.3 Å². The van der Waals surface area contributed by atoms with Gasteiger partial charge in [0.2, 0.25) is 0 Å². The maximum atomic E-state index is 11.1. The summed E-state index contributed by atoms with van der Waals surface area (Å²) in [4.78, 5) is 16.0. The maximum Gasteiger partial charge on any atom is 0.344 e. The first-order chi connectivity index (χ1) is 17.3. The molecule has 2 aromatic rings. The number of anilines is 1. The van der Waals surface area contributed by atoms with Gasteiger partial charge in [-0.05, 0) is 69.7 Å². The second-order valence-corrected chi connectivity index (χ2v) is 10.2. The number of carboxylic acid groups (broad SMARTS) is 1. The summed E-state index contributed by atoms with van der Waals surface area (Å²) in [5.41, 5.74) is 2.40. The predicted octanol–water partition coefficient (Wildman–Crippen LogP) is 5.13. The number of nitriles is 1. The summed E-state index contributed by atoms with van der Waals surface area (Å²) in [6, 6.07) is 13.4. The first-order valence-corrected chi connectivity index (χ1v) is 13.0. The van der Waals surface area contributed by atoms with Crippen molar-refractivity contribution in [2.45, 2.75) is 51.7 Å². The van der Waals surface area contributed by atoms with Crippen molar-refractivity contribution in [1.82, 2.24) is 4.90 Å². The number of ether oxygens (including phenoxy) is 2. The molecule has 0 radical (unpaired) electrons. The Kier molecular flexibility index (Phi) is 8.60. The van der Waals surface area contributed by atoms with Crippen LogP contribution in [0.15, 0.2) is 36.4 Å². The van der Waals surface area contributed by atoms with Crippen molar-refractivity contribution in [3.8, 4) is 17.6 Å². The van der Waals surface area contributed by atoms with E-state index in [1.165, 1.54) is 0 Å². The zero-order valence-corrected chi connectivity index (χ0v) is 21.7. The number of carbonyl (C=O) groups is 1. The molecule has 0 spiro atoms. The Balaban J connectivity index is 1.22. The third-order valence-corrected chi connectivity index (χ3v) is 7.75. The van der Waals surface area contributed by atoms with E-state index in [0.717, 1.165) is 75.4 Å². The SMILES string of the molecule is Cc1c(OC2CCN(CC3CCN(c4cccc(O[C@@H](C)C(=O)O)c4)CC3)CC2)ccc(C#N)c1Cl. The molecule has 1 N–H and O–H groups in total. The minimum atomic E-state index is -0.967. The zero-order valence-electron chi connectivity index (χ0n) is 21.0. The van der Waals surface area contributed by atoms with Gasteiger partial charge in [0.15, 0.2) is 6.10 Å². The van der Waals surface area contributed by atoms with Crippen LogP contribution in [-0.4, -0.2) is 60.9 Å². The molecular formula is C28H34ClN3O4. The Hall–Kier alpha value is -2.95. The fourth-order valence-corrected chi connectivity index (χ4v) is 5.22. The third-order valence-electron chi connectivity index (χ3n) is 7.26. The fourth-order valence-electron chi connectivity index (χ4n) is 5.02. The molecule has 192 valence electrons. The van der Waals surface area contributed by atoms with Crippen molar-refractivity contribution >= 4 is 23.3 Å². The highest BCUT2D eigenvalue weighted by Crippen LogP contribution is 2.31. The summed E-state index contributed by atoms with van der Waals surface area (Å²) in [5, 5.41) is 18.7. The van der Waals surface area contributed by atoms with Crippen LogP contribution in [0.1, 0.15) is 43.7 Å². The molecule has 4 rings (SSSR count). The molecule has 2 aliphatic rings. The van der Waals surface area contributed by atoms with E-state index in [2.05, 4.69) is 21.9 Å². The van der Waals surface area contributed by atoms with Gasteiger partial charge in [-0.1, -0.05) is 17.7 Å². The summed E-state index contributed by atoms with van der Waals surface area (Å²) in [7, 11) is 0. The van der Waals surface area contributed by atoms with E-state index in [-0.39, 0.29) is 6.10 Å². The number of hydrogen-bond acceptors (Lipinski definition) is 6. The molecule has 8 heteroatoms. The summed E-state index contributed by atoms with van der Waals surface area (Å²) in [6.45, 7) is 8.58. The van der Waals surface area contributed by atoms with Crippen LogP contribution < -0.4 is 14.4 Å². The number of carboxylic acids is 1. The van der Waals surface area contributed by atoms with E-state index in [9.17, 15) is 4.79 Å². The highest BCUT2D eigenvalue weighted by Gasteiger charge is 2.26. The van der Waals surface area contributed by atoms with Crippen LogP contribution in [0.3, 0.4) is 0 Å². The average Bonchev–Trinajstić information content (AvgIpc) is 2.88. The molecule has 36 heavy (non-hydrogen) atoms. The maximum absolute atomic E-state index is 11.1. The molecule has 0 unspecified atom stereocenters. The summed E-state index contributed by atoms with van der Waals surface area (Å²) in [5.74, 6) is 1.07. The van der Waals surface area contributed by atoms with Crippen molar-refractivity contribution in [2.75, 3.05) is 37.6 Å². The van der Waals surface area contributed by atoms with Crippen molar-refractivity contribution in [3.05, 3.63) is 52.5 Å². The lowest BCUT2D eigenvalue weighted by Crippen LogP contribution is -2.43. The minimum Gasteiger partial charge on any atom is -0.490 e. The highest BCUT2D eigenvalue weighted by atomic mass is 35.5. The number of likely N-dealkylation sites (tertiary alicyclic amines) is 1. The largest absolute Gasteiger partial charge is 0.490 e. The van der Waals surface area contributed by atoms with Crippen molar-refractivity contribution in [3.63, 3.8) is 0 Å². The van der Waals surface area contributed by atoms with Crippen LogP contribution in [0.5, 0.6) is 11.5 Å². The van der Waals surface area contributed by atoms with E-state index in [1.807, 2.05) is 25.1 Å². The van der Waals surface area contributed by atoms with Crippen LogP contribution in [0.4, 0.5) is 5.69 Å². The van der Waals surface area contributed by atoms with Gasteiger partial charge in [0.1, 0.15) is 23.7 Å². The Labute approximate surface area is 218 Å². The smallest absolute Gasteiger partial charge is 0.344 e. The summed E-state index contributed by atoms with van der Waals surface area (Å²) >= 11 is 6.29. The molecule has 0 amide bonds.